The first-order valence-electron chi connectivity index (χ1n) is 4.51. The fourth-order valence-corrected chi connectivity index (χ4v) is 1.92. The molecule has 62 valence electrons. The Kier molecular flexibility index (Phi) is 1.72. The Balaban J connectivity index is 1.89. The van der Waals surface area contributed by atoms with Gasteiger partial charge in [0.05, 0.1) is 0 Å². The summed E-state index contributed by atoms with van der Waals surface area (Å²) in [6.45, 7) is 0. The molecule has 11 heavy (non-hydrogen) atoms. The van der Waals surface area contributed by atoms with Crippen LogP contribution in [0.3, 0.4) is 0 Å². The maximum Gasteiger partial charge on any atom is 0.134 e. The van der Waals surface area contributed by atoms with Gasteiger partial charge >= 0.3 is 0 Å². The highest BCUT2D eigenvalue weighted by molar-refractivity contribution is 5.81. The quantitative estimate of drug-likeness (QED) is 0.594. The zero-order valence-electron chi connectivity index (χ0n) is 7.05. The summed E-state index contributed by atoms with van der Waals surface area (Å²) < 4.78 is 0. The molecule has 0 aromatic rings. The molecule has 2 aliphatic rings. The monoisotopic (exact) mass is 153 g/mol. The second kappa shape index (κ2) is 2.59. The predicted octanol–water partition coefficient (Wildman–Crippen LogP) is 1.20. The van der Waals surface area contributed by atoms with E-state index in [-0.39, 0.29) is 0 Å². The number of Topliss-reactive ketones (excluding diaryl/α,β-unsaturated/α-hetero) is 1. The Hall–Kier alpha value is -0.370. The van der Waals surface area contributed by atoms with Crippen molar-refractivity contribution in [2.75, 3.05) is 7.05 Å². The van der Waals surface area contributed by atoms with Crippen LogP contribution in [0, 0.1) is 0 Å². The molecule has 2 saturated carbocycles. The lowest BCUT2D eigenvalue weighted by Crippen LogP contribution is -2.31. The minimum absolute atomic E-state index is 0.461. The summed E-state index contributed by atoms with van der Waals surface area (Å²) in [5, 5.41) is 0. The number of hydrogen-bond donors (Lipinski definition) is 0. The van der Waals surface area contributed by atoms with Gasteiger partial charge in [-0.15, -0.1) is 0 Å². The normalized spacial score (nSPS) is 31.8. The zero-order chi connectivity index (χ0) is 7.84. The van der Waals surface area contributed by atoms with E-state index in [4.69, 9.17) is 0 Å². The maximum absolute atomic E-state index is 11.0. The van der Waals surface area contributed by atoms with Gasteiger partial charge in [-0.05, 0) is 26.3 Å². The van der Waals surface area contributed by atoms with Gasteiger partial charge in [0.2, 0.25) is 0 Å². The van der Waals surface area contributed by atoms with Gasteiger partial charge in [0.1, 0.15) is 5.78 Å². The molecule has 0 amide bonds. The molecule has 0 N–H and O–H groups in total. The first-order valence-corrected chi connectivity index (χ1v) is 4.51. The first kappa shape index (κ1) is 7.29. The molecule has 2 rings (SSSR count). The number of rotatable bonds is 2. The highest BCUT2D eigenvalue weighted by Crippen LogP contribution is 2.31. The molecule has 0 aliphatic heterocycles. The molecule has 0 aromatic heterocycles. The van der Waals surface area contributed by atoms with Crippen molar-refractivity contribution in [3.05, 3.63) is 0 Å². The van der Waals surface area contributed by atoms with E-state index in [0.717, 1.165) is 25.3 Å². The Morgan fingerprint density at radius 2 is 2.00 bits per heavy atom. The van der Waals surface area contributed by atoms with Crippen LogP contribution in [0.4, 0.5) is 0 Å². The van der Waals surface area contributed by atoms with E-state index in [1.165, 1.54) is 12.8 Å². The summed E-state index contributed by atoms with van der Waals surface area (Å²) in [6.07, 6.45) is 5.43. The van der Waals surface area contributed by atoms with Gasteiger partial charge in [-0.25, -0.2) is 0 Å². The number of hydrogen-bond acceptors (Lipinski definition) is 2. The highest BCUT2D eigenvalue weighted by atomic mass is 16.1. The third kappa shape index (κ3) is 1.45. The van der Waals surface area contributed by atoms with Gasteiger partial charge in [0.25, 0.3) is 0 Å². The number of carbonyl (C=O) groups is 1. The minimum Gasteiger partial charge on any atom is -0.300 e. The fourth-order valence-electron chi connectivity index (χ4n) is 1.92. The summed E-state index contributed by atoms with van der Waals surface area (Å²) in [5.41, 5.74) is 0. The molecule has 1 atom stereocenters. The highest BCUT2D eigenvalue weighted by Gasteiger charge is 2.34. The molecular formula is C9H15NO. The van der Waals surface area contributed by atoms with E-state index < -0.39 is 0 Å². The second-order valence-corrected chi connectivity index (χ2v) is 3.83. The fraction of sp³-hybridized carbons (Fsp3) is 0.889. The van der Waals surface area contributed by atoms with Crippen LogP contribution in [0.2, 0.25) is 0 Å². The summed E-state index contributed by atoms with van der Waals surface area (Å²) in [4.78, 5) is 13.4. The predicted molar refractivity (Wildman–Crippen MR) is 43.4 cm³/mol. The van der Waals surface area contributed by atoms with Gasteiger partial charge in [-0.2, -0.15) is 0 Å². The molecule has 2 aliphatic carbocycles. The smallest absolute Gasteiger partial charge is 0.134 e. The van der Waals surface area contributed by atoms with Gasteiger partial charge in [0.15, 0.2) is 0 Å². The van der Waals surface area contributed by atoms with Gasteiger partial charge < -0.3 is 4.90 Å². The van der Waals surface area contributed by atoms with E-state index in [1.54, 1.807) is 0 Å². The average molecular weight is 153 g/mol. The molecule has 0 bridgehead atoms. The van der Waals surface area contributed by atoms with Crippen molar-refractivity contribution < 1.29 is 4.79 Å². The Labute approximate surface area is 67.6 Å². The Morgan fingerprint density at radius 1 is 1.27 bits per heavy atom. The standard InChI is InChI=1S/C9H15NO/c1-10(7-2-3-7)8-4-5-9(11)6-8/h7-8H,2-6H2,1H3. The van der Waals surface area contributed by atoms with E-state index in [1.807, 2.05) is 0 Å². The topological polar surface area (TPSA) is 20.3 Å². The van der Waals surface area contributed by atoms with Crippen LogP contribution in [-0.2, 0) is 4.79 Å². The van der Waals surface area contributed by atoms with Crippen LogP contribution in [0.15, 0.2) is 0 Å². The van der Waals surface area contributed by atoms with Crippen molar-refractivity contribution in [3.63, 3.8) is 0 Å². The lowest BCUT2D eigenvalue weighted by atomic mass is 10.2. The van der Waals surface area contributed by atoms with Gasteiger partial charge in [0, 0.05) is 24.9 Å². The van der Waals surface area contributed by atoms with Crippen LogP contribution in [-0.4, -0.2) is 29.8 Å². The van der Waals surface area contributed by atoms with Crippen molar-refractivity contribution in [1.82, 2.24) is 4.90 Å². The van der Waals surface area contributed by atoms with Crippen molar-refractivity contribution in [3.8, 4) is 0 Å². The van der Waals surface area contributed by atoms with Crippen molar-refractivity contribution in [1.29, 1.82) is 0 Å². The third-order valence-corrected chi connectivity index (χ3v) is 2.92. The lowest BCUT2D eigenvalue weighted by molar-refractivity contribution is -0.117. The Bertz CT molecular complexity index is 174. The van der Waals surface area contributed by atoms with Gasteiger partial charge in [-0.1, -0.05) is 0 Å². The molecular weight excluding hydrogens is 138 g/mol. The van der Waals surface area contributed by atoms with Crippen LogP contribution in [0.5, 0.6) is 0 Å². The SMILES string of the molecule is CN(C1CC1)C1CCC(=O)C1. The average Bonchev–Trinajstić information content (AvgIpc) is 2.74. The van der Waals surface area contributed by atoms with Crippen molar-refractivity contribution >= 4 is 5.78 Å². The third-order valence-electron chi connectivity index (χ3n) is 2.92. The van der Waals surface area contributed by atoms with E-state index in [2.05, 4.69) is 11.9 Å². The van der Waals surface area contributed by atoms with Crippen LogP contribution in [0.25, 0.3) is 0 Å². The van der Waals surface area contributed by atoms with Crippen molar-refractivity contribution in [2.24, 2.45) is 0 Å². The molecule has 1 unspecified atom stereocenters. The number of ketones is 1. The summed E-state index contributed by atoms with van der Waals surface area (Å²) in [7, 11) is 2.17. The van der Waals surface area contributed by atoms with Gasteiger partial charge in [-0.3, -0.25) is 4.79 Å². The minimum atomic E-state index is 0.461. The van der Waals surface area contributed by atoms with Crippen LogP contribution < -0.4 is 0 Å². The van der Waals surface area contributed by atoms with Crippen molar-refractivity contribution in [2.45, 2.75) is 44.2 Å². The summed E-state index contributed by atoms with van der Waals surface area (Å²) in [6, 6.07) is 1.39. The maximum atomic E-state index is 11.0. The molecule has 2 fully saturated rings. The summed E-state index contributed by atoms with van der Waals surface area (Å²) >= 11 is 0. The first-order chi connectivity index (χ1) is 5.27. The molecule has 0 aromatic carbocycles. The molecule has 0 spiro atoms. The van der Waals surface area contributed by atoms with Crippen LogP contribution in [0.1, 0.15) is 32.1 Å². The van der Waals surface area contributed by atoms with E-state index in [9.17, 15) is 4.79 Å². The largest absolute Gasteiger partial charge is 0.300 e. The molecule has 2 nitrogen and oxygen atoms in total. The van der Waals surface area contributed by atoms with E-state index in [0.29, 0.717) is 11.8 Å². The zero-order valence-corrected chi connectivity index (χ0v) is 7.05. The summed E-state index contributed by atoms with van der Waals surface area (Å²) in [5.74, 6) is 0.461. The molecule has 0 radical (unpaired) electrons. The Morgan fingerprint density at radius 3 is 2.45 bits per heavy atom. The number of carbonyl (C=O) groups excluding carboxylic acids is 1. The lowest BCUT2D eigenvalue weighted by Gasteiger charge is -2.22. The molecule has 2 heteroatoms. The molecule has 0 saturated heterocycles. The second-order valence-electron chi connectivity index (χ2n) is 3.83. The molecule has 0 heterocycles. The van der Waals surface area contributed by atoms with Crippen LogP contribution >= 0.6 is 0 Å². The number of nitrogens with zero attached hydrogens (tertiary/aromatic N) is 1. The van der Waals surface area contributed by atoms with E-state index >= 15 is 0 Å².